The smallest absolute Gasteiger partial charge is 0.328 e. The highest BCUT2D eigenvalue weighted by Crippen LogP contribution is 1.74. The summed E-state index contributed by atoms with van der Waals surface area (Å²) in [5.41, 5.74) is 0. The first kappa shape index (κ1) is 13.9. The van der Waals surface area contributed by atoms with Crippen molar-refractivity contribution in [3.63, 3.8) is 0 Å². The minimum absolute atomic E-state index is 0.509. The summed E-state index contributed by atoms with van der Waals surface area (Å²) in [7, 11) is 0. The van der Waals surface area contributed by atoms with Crippen LogP contribution in [0.2, 0.25) is 0 Å². The third-order valence-electron chi connectivity index (χ3n) is 0.529. The molecule has 0 aliphatic heterocycles. The van der Waals surface area contributed by atoms with Crippen LogP contribution in [0.15, 0.2) is 24.8 Å². The van der Waals surface area contributed by atoms with Gasteiger partial charge in [0, 0.05) is 12.2 Å². The van der Waals surface area contributed by atoms with Crippen LogP contribution in [0.4, 0.5) is 0 Å². The van der Waals surface area contributed by atoms with Crippen molar-refractivity contribution in [1.29, 1.82) is 0 Å². The van der Waals surface area contributed by atoms with E-state index in [9.17, 15) is 14.4 Å². The van der Waals surface area contributed by atoms with Crippen LogP contribution >= 0.6 is 11.6 Å². The van der Waals surface area contributed by atoms with Gasteiger partial charge in [0.05, 0.1) is 0 Å². The van der Waals surface area contributed by atoms with Crippen LogP contribution in [0.3, 0.4) is 0 Å². The molecule has 5 nitrogen and oxygen atoms in total. The number of carbonyl (C=O) groups is 3. The van der Waals surface area contributed by atoms with Gasteiger partial charge in [0.25, 0.3) is 0 Å². The molecule has 72 valence electrons. The Hall–Kier alpha value is -1.62. The van der Waals surface area contributed by atoms with Crippen LogP contribution in [-0.2, 0) is 14.4 Å². The number of halogens is 1. The van der Waals surface area contributed by atoms with Crippen molar-refractivity contribution in [2.45, 2.75) is 0 Å². The number of carbonyl (C=O) groups excluding carboxylic acids is 1. The molecule has 0 radical (unpaired) electrons. The Balaban J connectivity index is 0. The predicted molar refractivity (Wildman–Crippen MR) is 45.5 cm³/mol. The summed E-state index contributed by atoms with van der Waals surface area (Å²) in [6.45, 7) is 3.08. The molecule has 0 aliphatic rings. The molecule has 0 saturated carbocycles. The quantitative estimate of drug-likeness (QED) is 0.523. The Morgan fingerprint density at radius 1 is 1.08 bits per heavy atom. The molecule has 0 saturated heterocycles. The van der Waals surface area contributed by atoms with E-state index in [0.29, 0.717) is 12.2 Å². The van der Waals surface area contributed by atoms with Gasteiger partial charge in [-0.1, -0.05) is 6.58 Å². The maximum Gasteiger partial charge on any atom is 0.328 e. The first-order valence-electron chi connectivity index (χ1n) is 2.86. The van der Waals surface area contributed by atoms with E-state index in [1.807, 2.05) is 0 Å². The Kier molecular flexibility index (Phi) is 9.09. The topological polar surface area (TPSA) is 91.7 Å². The van der Waals surface area contributed by atoms with Crippen molar-refractivity contribution in [1.82, 2.24) is 0 Å². The molecule has 13 heavy (non-hydrogen) atoms. The fourth-order valence-electron chi connectivity index (χ4n) is 0.143. The maximum atomic E-state index is 9.55. The number of carboxylic acids is 2. The van der Waals surface area contributed by atoms with Crippen molar-refractivity contribution in [2.75, 3.05) is 0 Å². The molecule has 0 spiro atoms. The molecule has 0 unspecified atom stereocenters. The van der Waals surface area contributed by atoms with Gasteiger partial charge >= 0.3 is 11.9 Å². The van der Waals surface area contributed by atoms with Crippen molar-refractivity contribution in [3.8, 4) is 0 Å². The van der Waals surface area contributed by atoms with E-state index in [1.165, 1.54) is 0 Å². The van der Waals surface area contributed by atoms with Crippen LogP contribution in [0.1, 0.15) is 0 Å². The molecule has 0 bridgehead atoms. The van der Waals surface area contributed by atoms with E-state index in [0.717, 1.165) is 6.08 Å². The highest BCUT2D eigenvalue weighted by Gasteiger charge is 1.88. The summed E-state index contributed by atoms with van der Waals surface area (Å²) < 4.78 is 0. The zero-order valence-corrected chi connectivity index (χ0v) is 7.19. The molecule has 0 rings (SSSR count). The number of allylic oxidation sites excluding steroid dienone is 1. The molecule has 6 heteroatoms. The molecule has 0 aromatic heterocycles. The van der Waals surface area contributed by atoms with E-state index in [2.05, 4.69) is 6.58 Å². The first-order valence-corrected chi connectivity index (χ1v) is 3.23. The summed E-state index contributed by atoms with van der Waals surface area (Å²) in [5.74, 6) is -2.51. The van der Waals surface area contributed by atoms with Gasteiger partial charge in [0.15, 0.2) is 0 Å². The number of rotatable bonds is 3. The third-order valence-corrected chi connectivity index (χ3v) is 0.683. The van der Waals surface area contributed by atoms with E-state index in [1.54, 1.807) is 0 Å². The van der Waals surface area contributed by atoms with E-state index in [4.69, 9.17) is 21.8 Å². The lowest BCUT2D eigenvalue weighted by atomic mass is 10.5. The average Bonchev–Trinajstić information content (AvgIpc) is 2.02. The second-order valence-corrected chi connectivity index (χ2v) is 1.89. The lowest BCUT2D eigenvalue weighted by Crippen LogP contribution is -1.91. The summed E-state index contributed by atoms with van der Waals surface area (Å²) in [4.78, 5) is 28.6. The molecule has 0 heterocycles. The van der Waals surface area contributed by atoms with E-state index >= 15 is 0 Å². The van der Waals surface area contributed by atoms with Gasteiger partial charge in [-0.15, -0.1) is 0 Å². The second-order valence-electron chi connectivity index (χ2n) is 1.52. The number of aliphatic carboxylic acids is 2. The maximum absolute atomic E-state index is 9.55. The van der Waals surface area contributed by atoms with Crippen molar-refractivity contribution in [2.24, 2.45) is 0 Å². The summed E-state index contributed by atoms with van der Waals surface area (Å²) in [6.07, 6.45) is 2.16. The van der Waals surface area contributed by atoms with Crippen LogP contribution in [0.5, 0.6) is 0 Å². The average molecular weight is 207 g/mol. The molecule has 0 amide bonds. The monoisotopic (exact) mass is 206 g/mol. The van der Waals surface area contributed by atoms with Gasteiger partial charge < -0.3 is 10.2 Å². The predicted octanol–water partition coefficient (Wildman–Crippen LogP) is 0.650. The molecule has 0 atom stereocenters. The van der Waals surface area contributed by atoms with Crippen molar-refractivity contribution < 1.29 is 24.6 Å². The number of hydrogen-bond acceptors (Lipinski definition) is 3. The first-order chi connectivity index (χ1) is 5.90. The number of carboxylic acid groups (broad SMARTS) is 2. The van der Waals surface area contributed by atoms with Crippen LogP contribution < -0.4 is 0 Å². The van der Waals surface area contributed by atoms with E-state index < -0.39 is 17.2 Å². The third kappa shape index (κ3) is 25.2. The van der Waals surface area contributed by atoms with Crippen LogP contribution in [-0.4, -0.2) is 27.4 Å². The zero-order valence-electron chi connectivity index (χ0n) is 6.44. The highest BCUT2D eigenvalue weighted by atomic mass is 35.5. The Morgan fingerprint density at radius 2 is 1.31 bits per heavy atom. The fourth-order valence-corrected chi connectivity index (χ4v) is 0.143. The van der Waals surface area contributed by atoms with Crippen molar-refractivity contribution >= 4 is 28.8 Å². The Morgan fingerprint density at radius 3 is 1.38 bits per heavy atom. The van der Waals surface area contributed by atoms with Gasteiger partial charge in [0.1, 0.15) is 0 Å². The molecule has 0 aromatic rings. The van der Waals surface area contributed by atoms with Crippen LogP contribution in [0, 0.1) is 0 Å². The fraction of sp³-hybridized carbons (Fsp3) is 0. The highest BCUT2D eigenvalue weighted by molar-refractivity contribution is 6.66. The molecule has 2 N–H and O–H groups in total. The molecular formula is C7H7ClO5. The largest absolute Gasteiger partial charge is 0.478 e. The number of hydrogen-bond donors (Lipinski definition) is 2. The van der Waals surface area contributed by atoms with Crippen LogP contribution in [0.25, 0.3) is 0 Å². The van der Waals surface area contributed by atoms with Gasteiger partial charge in [0.2, 0.25) is 5.24 Å². The van der Waals surface area contributed by atoms with Gasteiger partial charge in [-0.05, 0) is 17.7 Å². The molecular weight excluding hydrogens is 200 g/mol. The molecule has 0 aliphatic carbocycles. The summed E-state index contributed by atoms with van der Waals surface area (Å²) >= 11 is 4.71. The minimum atomic E-state index is -1.26. The lowest BCUT2D eigenvalue weighted by Gasteiger charge is -1.74. The lowest BCUT2D eigenvalue weighted by molar-refractivity contribution is -0.134. The summed E-state index contributed by atoms with van der Waals surface area (Å²) in [5, 5.41) is 15.1. The van der Waals surface area contributed by atoms with Gasteiger partial charge in [-0.3, -0.25) is 4.79 Å². The van der Waals surface area contributed by atoms with Gasteiger partial charge in [-0.25, -0.2) is 9.59 Å². The van der Waals surface area contributed by atoms with Crippen molar-refractivity contribution in [3.05, 3.63) is 24.8 Å². The minimum Gasteiger partial charge on any atom is -0.478 e. The van der Waals surface area contributed by atoms with Gasteiger partial charge in [-0.2, -0.15) is 0 Å². The second kappa shape index (κ2) is 8.48. The summed E-state index contributed by atoms with van der Waals surface area (Å²) in [6, 6.07) is 0. The SMILES string of the molecule is C=CC(=O)Cl.O=C(O)C=CC(=O)O. The molecule has 0 aromatic carbocycles. The molecule has 0 fully saturated rings. The van der Waals surface area contributed by atoms with E-state index in [-0.39, 0.29) is 0 Å². The standard InChI is InChI=1S/C4H4O4.C3H3ClO/c5-3(6)1-2-4(7)8;1-2-3(4)5/h1-2H,(H,5,6)(H,7,8);2H,1H2. The Labute approximate surface area is 78.9 Å². The normalized spacial score (nSPS) is 8.38. The Bertz CT molecular complexity index is 227. The zero-order chi connectivity index (χ0) is 10.9.